The van der Waals surface area contributed by atoms with E-state index in [2.05, 4.69) is 49.0 Å². The predicted octanol–water partition coefficient (Wildman–Crippen LogP) is 7.10. The van der Waals surface area contributed by atoms with Gasteiger partial charge in [0.2, 0.25) is 0 Å². The number of nitrogens with one attached hydrogen (secondary N) is 1. The lowest BCUT2D eigenvalue weighted by Crippen LogP contribution is -2.18. The lowest BCUT2D eigenvalue weighted by Gasteiger charge is -2.15. The summed E-state index contributed by atoms with van der Waals surface area (Å²) in [6.07, 6.45) is 1.53. The third-order valence-corrected chi connectivity index (χ3v) is 6.06. The zero-order valence-corrected chi connectivity index (χ0v) is 22.1. The first-order chi connectivity index (χ1) is 15.4. The summed E-state index contributed by atoms with van der Waals surface area (Å²) in [5.41, 5.74) is 4.54. The van der Waals surface area contributed by atoms with Gasteiger partial charge in [-0.05, 0) is 83.1 Å². The third-order valence-electron chi connectivity index (χ3n) is 4.18. The summed E-state index contributed by atoms with van der Waals surface area (Å²) in [7, 11) is 0. The fourth-order valence-corrected chi connectivity index (χ4v) is 4.24. The average molecular weight is 648 g/mol. The second-order valence-corrected chi connectivity index (χ2v) is 9.42. The molecule has 5 nitrogen and oxygen atoms in total. The van der Waals surface area contributed by atoms with Gasteiger partial charge < -0.3 is 9.47 Å². The maximum atomic E-state index is 12.3. The number of amides is 1. The number of rotatable bonds is 8. The largest absolute Gasteiger partial charge is 0.490 e. The van der Waals surface area contributed by atoms with Gasteiger partial charge in [0, 0.05) is 9.50 Å². The van der Waals surface area contributed by atoms with E-state index in [0.29, 0.717) is 29.7 Å². The molecule has 0 unspecified atom stereocenters. The quantitative estimate of drug-likeness (QED) is 0.161. The van der Waals surface area contributed by atoms with Crippen LogP contribution >= 0.6 is 61.7 Å². The highest BCUT2D eigenvalue weighted by atomic mass is 127. The van der Waals surface area contributed by atoms with Gasteiger partial charge in [0.05, 0.1) is 27.0 Å². The molecule has 0 heterocycles. The fourth-order valence-electron chi connectivity index (χ4n) is 2.70. The van der Waals surface area contributed by atoms with E-state index in [0.717, 1.165) is 19.2 Å². The smallest absolute Gasteiger partial charge is 0.272 e. The SMILES string of the molecule is CCOc1cc(/C=N/NC(=O)c2ccc(Cl)cc2Cl)cc(I)c1OCc1ccc(Br)cc1. The Morgan fingerprint density at radius 3 is 2.56 bits per heavy atom. The first-order valence-corrected chi connectivity index (χ1v) is 12.1. The van der Waals surface area contributed by atoms with Gasteiger partial charge in [-0.3, -0.25) is 4.79 Å². The van der Waals surface area contributed by atoms with Crippen molar-refractivity contribution in [1.82, 2.24) is 5.43 Å². The molecule has 0 bridgehead atoms. The average Bonchev–Trinajstić information content (AvgIpc) is 2.74. The molecule has 0 aromatic heterocycles. The van der Waals surface area contributed by atoms with Gasteiger partial charge in [-0.2, -0.15) is 5.10 Å². The van der Waals surface area contributed by atoms with E-state index in [1.54, 1.807) is 12.1 Å². The van der Waals surface area contributed by atoms with Crippen molar-refractivity contribution in [3.63, 3.8) is 0 Å². The van der Waals surface area contributed by atoms with Gasteiger partial charge in [-0.25, -0.2) is 5.43 Å². The maximum Gasteiger partial charge on any atom is 0.272 e. The number of benzene rings is 3. The van der Waals surface area contributed by atoms with Gasteiger partial charge in [0.25, 0.3) is 5.91 Å². The van der Waals surface area contributed by atoms with E-state index in [1.807, 2.05) is 43.3 Å². The Morgan fingerprint density at radius 2 is 1.88 bits per heavy atom. The van der Waals surface area contributed by atoms with E-state index in [-0.39, 0.29) is 10.6 Å². The third kappa shape index (κ3) is 6.84. The number of halogens is 4. The molecule has 0 atom stereocenters. The highest BCUT2D eigenvalue weighted by Gasteiger charge is 2.13. The minimum absolute atomic E-state index is 0.255. The Bertz CT molecular complexity index is 1140. The summed E-state index contributed by atoms with van der Waals surface area (Å²) in [6.45, 7) is 2.80. The molecule has 9 heteroatoms. The van der Waals surface area contributed by atoms with Crippen molar-refractivity contribution in [2.75, 3.05) is 6.61 Å². The Balaban J connectivity index is 1.72. The van der Waals surface area contributed by atoms with Crippen molar-refractivity contribution in [3.8, 4) is 11.5 Å². The molecule has 3 aromatic carbocycles. The highest BCUT2D eigenvalue weighted by molar-refractivity contribution is 14.1. The highest BCUT2D eigenvalue weighted by Crippen LogP contribution is 2.34. The van der Waals surface area contributed by atoms with Crippen LogP contribution in [0, 0.1) is 3.57 Å². The van der Waals surface area contributed by atoms with Crippen LogP contribution in [0.5, 0.6) is 11.5 Å². The lowest BCUT2D eigenvalue weighted by atomic mass is 10.2. The number of hydrazone groups is 1. The molecule has 0 spiro atoms. The number of hydrogen-bond acceptors (Lipinski definition) is 4. The minimum atomic E-state index is -0.433. The molecule has 0 saturated carbocycles. The summed E-state index contributed by atoms with van der Waals surface area (Å²) < 4.78 is 13.7. The molecule has 1 N–H and O–H groups in total. The first-order valence-electron chi connectivity index (χ1n) is 9.49. The predicted molar refractivity (Wildman–Crippen MR) is 140 cm³/mol. The molecule has 3 aromatic rings. The number of ether oxygens (including phenoxy) is 2. The molecule has 32 heavy (non-hydrogen) atoms. The molecule has 0 radical (unpaired) electrons. The Kier molecular flexibility index (Phi) is 9.22. The van der Waals surface area contributed by atoms with Crippen LogP contribution in [-0.2, 0) is 6.61 Å². The van der Waals surface area contributed by atoms with Crippen LogP contribution in [0.15, 0.2) is 64.2 Å². The molecule has 0 aliphatic carbocycles. The zero-order valence-electron chi connectivity index (χ0n) is 16.9. The summed E-state index contributed by atoms with van der Waals surface area (Å²) in [5.74, 6) is 0.826. The number of nitrogens with zero attached hydrogens (tertiary/aromatic N) is 1. The van der Waals surface area contributed by atoms with E-state index >= 15 is 0 Å². The van der Waals surface area contributed by atoms with Crippen LogP contribution < -0.4 is 14.9 Å². The van der Waals surface area contributed by atoms with Crippen LogP contribution in [0.4, 0.5) is 0 Å². The summed E-state index contributed by atoms with van der Waals surface area (Å²) in [5, 5.41) is 4.74. The maximum absolute atomic E-state index is 12.3. The standard InChI is InChI=1S/C23H18BrCl2IN2O3/c1-2-31-21-10-15(12-28-29-23(30)18-8-7-17(25)11-19(18)26)9-20(27)22(21)32-13-14-3-5-16(24)6-4-14/h3-12H,2,13H2,1H3,(H,29,30)/b28-12+. The van der Waals surface area contributed by atoms with Crippen molar-refractivity contribution in [2.45, 2.75) is 13.5 Å². The van der Waals surface area contributed by atoms with Crippen LogP contribution in [0.25, 0.3) is 0 Å². The molecule has 0 fully saturated rings. The normalized spacial score (nSPS) is 10.9. The van der Waals surface area contributed by atoms with Crippen LogP contribution in [0.2, 0.25) is 10.0 Å². The molecular weight excluding hydrogens is 630 g/mol. The molecule has 0 aliphatic heterocycles. The number of hydrogen-bond donors (Lipinski definition) is 1. The molecule has 1 amide bonds. The summed E-state index contributed by atoms with van der Waals surface area (Å²) in [4.78, 5) is 12.3. The minimum Gasteiger partial charge on any atom is -0.490 e. The summed E-state index contributed by atoms with van der Waals surface area (Å²) >= 11 is 17.6. The van der Waals surface area contributed by atoms with Crippen LogP contribution in [0.3, 0.4) is 0 Å². The zero-order chi connectivity index (χ0) is 23.1. The lowest BCUT2D eigenvalue weighted by molar-refractivity contribution is 0.0955. The number of carbonyl (C=O) groups excluding carboxylic acids is 1. The van der Waals surface area contributed by atoms with Gasteiger partial charge in [-0.15, -0.1) is 0 Å². The second-order valence-electron chi connectivity index (χ2n) is 6.50. The first kappa shape index (κ1) is 24.8. The van der Waals surface area contributed by atoms with Crippen molar-refractivity contribution < 1.29 is 14.3 Å². The Labute approximate surface area is 218 Å². The van der Waals surface area contributed by atoms with E-state index in [4.69, 9.17) is 32.7 Å². The molecule has 0 saturated heterocycles. The van der Waals surface area contributed by atoms with Gasteiger partial charge in [0.1, 0.15) is 6.61 Å². The Hall–Kier alpha value is -1.81. The van der Waals surface area contributed by atoms with Gasteiger partial charge in [0.15, 0.2) is 11.5 Å². The fraction of sp³-hybridized carbons (Fsp3) is 0.130. The van der Waals surface area contributed by atoms with Crippen LogP contribution in [0.1, 0.15) is 28.4 Å². The molecular formula is C23H18BrCl2IN2O3. The van der Waals surface area contributed by atoms with Crippen molar-refractivity contribution in [3.05, 3.63) is 89.4 Å². The Morgan fingerprint density at radius 1 is 1.12 bits per heavy atom. The van der Waals surface area contributed by atoms with Crippen molar-refractivity contribution in [1.29, 1.82) is 0 Å². The van der Waals surface area contributed by atoms with Gasteiger partial charge >= 0.3 is 0 Å². The molecule has 166 valence electrons. The van der Waals surface area contributed by atoms with Gasteiger partial charge in [-0.1, -0.05) is 51.3 Å². The van der Waals surface area contributed by atoms with E-state index in [1.165, 1.54) is 12.3 Å². The van der Waals surface area contributed by atoms with E-state index < -0.39 is 5.91 Å². The summed E-state index contributed by atoms with van der Waals surface area (Å²) in [6, 6.07) is 16.3. The van der Waals surface area contributed by atoms with E-state index in [9.17, 15) is 4.79 Å². The second kappa shape index (κ2) is 11.9. The molecule has 3 rings (SSSR count). The van der Waals surface area contributed by atoms with Crippen molar-refractivity contribution in [2.24, 2.45) is 5.10 Å². The number of carbonyl (C=O) groups is 1. The molecule has 0 aliphatic rings. The topological polar surface area (TPSA) is 59.9 Å². The van der Waals surface area contributed by atoms with Crippen molar-refractivity contribution >= 4 is 73.8 Å². The van der Waals surface area contributed by atoms with Crippen LogP contribution in [-0.4, -0.2) is 18.7 Å². The monoisotopic (exact) mass is 646 g/mol.